The molecule has 0 heterocycles. The highest BCUT2D eigenvalue weighted by atomic mass is 16.5. The van der Waals surface area contributed by atoms with E-state index >= 15 is 0 Å². The number of allylic oxidation sites excluding steroid dienone is 5. The van der Waals surface area contributed by atoms with Crippen molar-refractivity contribution in [3.63, 3.8) is 0 Å². The summed E-state index contributed by atoms with van der Waals surface area (Å²) < 4.78 is 5.07. The van der Waals surface area contributed by atoms with Gasteiger partial charge < -0.3 is 4.74 Å². The SMILES string of the molecule is N#CC1=C/C(=C/OC(=O)c2ccccc2)CC=C1. The highest BCUT2D eigenvalue weighted by molar-refractivity contribution is 5.89. The Balaban J connectivity index is 2.04. The lowest BCUT2D eigenvalue weighted by Gasteiger charge is -2.05. The van der Waals surface area contributed by atoms with E-state index < -0.39 is 5.97 Å². The molecule has 1 aromatic rings. The summed E-state index contributed by atoms with van der Waals surface area (Å²) in [5.74, 6) is -0.399. The van der Waals surface area contributed by atoms with Crippen LogP contribution in [0.3, 0.4) is 0 Å². The van der Waals surface area contributed by atoms with Crippen LogP contribution in [0.1, 0.15) is 16.8 Å². The van der Waals surface area contributed by atoms with Crippen LogP contribution in [0, 0.1) is 11.3 Å². The molecule has 3 heteroatoms. The van der Waals surface area contributed by atoms with Gasteiger partial charge in [0.2, 0.25) is 0 Å². The first-order valence-corrected chi connectivity index (χ1v) is 5.53. The molecule has 0 bridgehead atoms. The minimum atomic E-state index is -0.399. The molecule has 2 rings (SSSR count). The maximum Gasteiger partial charge on any atom is 0.342 e. The van der Waals surface area contributed by atoms with Crippen LogP contribution in [0.4, 0.5) is 0 Å². The zero-order chi connectivity index (χ0) is 12.8. The molecule has 3 nitrogen and oxygen atoms in total. The summed E-state index contributed by atoms with van der Waals surface area (Å²) in [5, 5.41) is 8.76. The lowest BCUT2D eigenvalue weighted by Crippen LogP contribution is -2.01. The Morgan fingerprint density at radius 3 is 2.83 bits per heavy atom. The molecule has 0 N–H and O–H groups in total. The molecule has 1 aliphatic carbocycles. The summed E-state index contributed by atoms with van der Waals surface area (Å²) >= 11 is 0. The minimum absolute atomic E-state index is 0.399. The Hall–Kier alpha value is -2.60. The number of carbonyl (C=O) groups is 1. The van der Waals surface area contributed by atoms with Gasteiger partial charge in [-0.05, 0) is 36.3 Å². The number of nitrogens with zero attached hydrogens (tertiary/aromatic N) is 1. The number of nitriles is 1. The molecule has 0 radical (unpaired) electrons. The van der Waals surface area contributed by atoms with E-state index in [0.717, 1.165) is 5.57 Å². The maximum absolute atomic E-state index is 11.7. The molecule has 0 unspecified atom stereocenters. The number of rotatable bonds is 2. The predicted octanol–water partition coefficient (Wildman–Crippen LogP) is 3.14. The third-order valence-corrected chi connectivity index (χ3v) is 2.45. The van der Waals surface area contributed by atoms with Crippen molar-refractivity contribution in [1.29, 1.82) is 5.26 Å². The van der Waals surface area contributed by atoms with Crippen molar-refractivity contribution < 1.29 is 9.53 Å². The molecule has 0 aliphatic heterocycles. The summed E-state index contributed by atoms with van der Waals surface area (Å²) in [7, 11) is 0. The predicted molar refractivity (Wildman–Crippen MR) is 67.4 cm³/mol. The van der Waals surface area contributed by atoms with Gasteiger partial charge >= 0.3 is 5.97 Å². The van der Waals surface area contributed by atoms with Gasteiger partial charge in [0.05, 0.1) is 23.5 Å². The van der Waals surface area contributed by atoms with Gasteiger partial charge in [0.15, 0.2) is 0 Å². The van der Waals surface area contributed by atoms with Gasteiger partial charge in [0.25, 0.3) is 0 Å². The van der Waals surface area contributed by atoms with E-state index in [1.807, 2.05) is 18.2 Å². The summed E-state index contributed by atoms with van der Waals surface area (Å²) in [6.07, 6.45) is 7.37. The largest absolute Gasteiger partial charge is 0.431 e. The monoisotopic (exact) mass is 237 g/mol. The topological polar surface area (TPSA) is 50.1 Å². The second-order valence-corrected chi connectivity index (χ2v) is 3.78. The van der Waals surface area contributed by atoms with E-state index in [2.05, 4.69) is 0 Å². The van der Waals surface area contributed by atoms with Crippen molar-refractivity contribution in [3.8, 4) is 6.07 Å². The van der Waals surface area contributed by atoms with Gasteiger partial charge in [0.1, 0.15) is 0 Å². The first kappa shape index (κ1) is 11.9. The maximum atomic E-state index is 11.7. The van der Waals surface area contributed by atoms with E-state index in [1.54, 1.807) is 36.4 Å². The fraction of sp³-hybridized carbons (Fsp3) is 0.0667. The average molecular weight is 237 g/mol. The molecule has 1 aromatic carbocycles. The number of esters is 1. The Labute approximate surface area is 105 Å². The van der Waals surface area contributed by atoms with Gasteiger partial charge in [-0.2, -0.15) is 5.26 Å². The van der Waals surface area contributed by atoms with Crippen molar-refractivity contribution in [2.75, 3.05) is 0 Å². The van der Waals surface area contributed by atoms with Gasteiger partial charge in [-0.15, -0.1) is 0 Å². The highest BCUT2D eigenvalue weighted by Crippen LogP contribution is 2.15. The molecular weight excluding hydrogens is 226 g/mol. The minimum Gasteiger partial charge on any atom is -0.431 e. The zero-order valence-corrected chi connectivity index (χ0v) is 9.67. The second kappa shape index (κ2) is 5.65. The van der Waals surface area contributed by atoms with E-state index in [4.69, 9.17) is 10.00 Å². The average Bonchev–Trinajstić information content (AvgIpc) is 2.46. The molecule has 0 amide bonds. The normalized spacial score (nSPS) is 15.9. The van der Waals surface area contributed by atoms with E-state index in [9.17, 15) is 4.79 Å². The number of carbonyl (C=O) groups excluding carboxylic acids is 1. The molecule has 0 atom stereocenters. The summed E-state index contributed by atoms with van der Waals surface area (Å²) in [4.78, 5) is 11.7. The fourth-order valence-electron chi connectivity index (χ4n) is 1.55. The van der Waals surface area contributed by atoms with Crippen LogP contribution in [-0.2, 0) is 4.74 Å². The van der Waals surface area contributed by atoms with E-state index in [-0.39, 0.29) is 0 Å². The molecular formula is C15H11NO2. The first-order valence-electron chi connectivity index (χ1n) is 5.53. The fourth-order valence-corrected chi connectivity index (χ4v) is 1.55. The van der Waals surface area contributed by atoms with Crippen LogP contribution in [0.25, 0.3) is 0 Å². The summed E-state index contributed by atoms with van der Waals surface area (Å²) in [6.45, 7) is 0. The lowest BCUT2D eigenvalue weighted by atomic mass is 10.0. The van der Waals surface area contributed by atoms with Gasteiger partial charge in [-0.25, -0.2) is 4.79 Å². The third kappa shape index (κ3) is 2.96. The molecule has 0 fully saturated rings. The Kier molecular flexibility index (Phi) is 3.72. The van der Waals surface area contributed by atoms with Crippen molar-refractivity contribution in [3.05, 3.63) is 71.5 Å². The molecule has 0 aromatic heterocycles. The molecule has 1 aliphatic rings. The van der Waals surface area contributed by atoms with Gasteiger partial charge in [-0.3, -0.25) is 0 Å². The van der Waals surface area contributed by atoms with Gasteiger partial charge in [-0.1, -0.05) is 24.3 Å². The van der Waals surface area contributed by atoms with Crippen LogP contribution < -0.4 is 0 Å². The van der Waals surface area contributed by atoms with Gasteiger partial charge in [0, 0.05) is 0 Å². The second-order valence-electron chi connectivity index (χ2n) is 3.78. The number of hydrogen-bond acceptors (Lipinski definition) is 3. The van der Waals surface area contributed by atoms with Crippen LogP contribution >= 0.6 is 0 Å². The highest BCUT2D eigenvalue weighted by Gasteiger charge is 2.06. The number of hydrogen-bond donors (Lipinski definition) is 0. The molecule has 0 saturated carbocycles. The first-order chi connectivity index (χ1) is 8.79. The van der Waals surface area contributed by atoms with Crippen LogP contribution in [-0.4, -0.2) is 5.97 Å². The smallest absolute Gasteiger partial charge is 0.342 e. The molecule has 0 spiro atoms. The molecule has 88 valence electrons. The quantitative estimate of drug-likeness (QED) is 0.586. The van der Waals surface area contributed by atoms with Crippen LogP contribution in [0.5, 0.6) is 0 Å². The summed E-state index contributed by atoms with van der Waals surface area (Å²) in [5.41, 5.74) is 1.87. The third-order valence-electron chi connectivity index (χ3n) is 2.45. The van der Waals surface area contributed by atoms with Crippen LogP contribution in [0.2, 0.25) is 0 Å². The lowest BCUT2D eigenvalue weighted by molar-refractivity contribution is 0.0661. The van der Waals surface area contributed by atoms with E-state index in [0.29, 0.717) is 17.6 Å². The van der Waals surface area contributed by atoms with E-state index in [1.165, 1.54) is 6.26 Å². The Bertz CT molecular complexity index is 574. The molecule has 18 heavy (non-hydrogen) atoms. The summed E-state index contributed by atoms with van der Waals surface area (Å²) in [6, 6.07) is 10.8. The molecule has 0 saturated heterocycles. The van der Waals surface area contributed by atoms with Crippen molar-refractivity contribution >= 4 is 5.97 Å². The van der Waals surface area contributed by atoms with Crippen molar-refractivity contribution in [1.82, 2.24) is 0 Å². The van der Waals surface area contributed by atoms with Crippen molar-refractivity contribution in [2.45, 2.75) is 6.42 Å². The number of ether oxygens (including phenoxy) is 1. The van der Waals surface area contributed by atoms with Crippen molar-refractivity contribution in [2.24, 2.45) is 0 Å². The standard InChI is InChI=1S/C15H11NO2/c16-10-12-5-4-6-13(9-12)11-18-15(17)14-7-2-1-3-8-14/h1-5,7-9,11H,6H2/b13-11+. The Morgan fingerprint density at radius 2 is 2.11 bits per heavy atom. The number of benzene rings is 1. The van der Waals surface area contributed by atoms with Crippen LogP contribution in [0.15, 0.2) is 66.0 Å². The zero-order valence-electron chi connectivity index (χ0n) is 9.67. The Morgan fingerprint density at radius 1 is 1.33 bits per heavy atom.